The summed E-state index contributed by atoms with van der Waals surface area (Å²) in [5.41, 5.74) is 0.524. The topological polar surface area (TPSA) is 52.6 Å². The van der Waals surface area contributed by atoms with Gasteiger partial charge in [0.15, 0.2) is 0 Å². The van der Waals surface area contributed by atoms with Gasteiger partial charge in [0.25, 0.3) is 0 Å². The molecule has 0 atom stereocenters. The van der Waals surface area contributed by atoms with Crippen LogP contribution in [0.2, 0.25) is 0 Å². The van der Waals surface area contributed by atoms with Crippen molar-refractivity contribution in [2.24, 2.45) is 5.92 Å². The Bertz CT molecular complexity index is 520. The minimum absolute atomic E-state index is 0.229. The fourth-order valence-electron chi connectivity index (χ4n) is 2.37. The fraction of sp³-hybridized carbons (Fsp3) is 0.600. The van der Waals surface area contributed by atoms with Crippen molar-refractivity contribution < 1.29 is 19.1 Å². The molecule has 0 radical (unpaired) electrons. The molecule has 24 heavy (non-hydrogen) atoms. The van der Waals surface area contributed by atoms with Crippen LogP contribution in [-0.2, 0) is 9.47 Å². The SMILES string of the molecule is CC(C)CCCCCCOC(=O)c1ccccc1C(=O)OC(C)C. The monoisotopic (exact) mass is 334 g/mol. The first-order chi connectivity index (χ1) is 11.4. The lowest BCUT2D eigenvalue weighted by Crippen LogP contribution is -2.17. The zero-order valence-electron chi connectivity index (χ0n) is 15.3. The standard InChI is InChI=1S/C20H30O4/c1-15(2)11-7-5-6-10-14-23-19(21)17-12-8-9-13-18(17)20(22)24-16(3)4/h8-9,12-13,15-16H,5-7,10-11,14H2,1-4H3. The fourth-order valence-corrected chi connectivity index (χ4v) is 2.37. The Morgan fingerprint density at radius 1 is 0.875 bits per heavy atom. The summed E-state index contributed by atoms with van der Waals surface area (Å²) in [6, 6.07) is 6.62. The van der Waals surface area contributed by atoms with E-state index in [1.807, 2.05) is 0 Å². The average Bonchev–Trinajstić information content (AvgIpc) is 2.52. The molecule has 0 aromatic heterocycles. The van der Waals surface area contributed by atoms with Crippen LogP contribution in [0.1, 0.15) is 80.5 Å². The molecule has 0 heterocycles. The molecule has 134 valence electrons. The maximum Gasteiger partial charge on any atom is 0.339 e. The summed E-state index contributed by atoms with van der Waals surface area (Å²) < 4.78 is 10.5. The van der Waals surface area contributed by atoms with Gasteiger partial charge in [-0.05, 0) is 38.3 Å². The second-order valence-electron chi connectivity index (χ2n) is 6.73. The number of carbonyl (C=O) groups is 2. The van der Waals surface area contributed by atoms with Crippen LogP contribution in [-0.4, -0.2) is 24.6 Å². The summed E-state index contributed by atoms with van der Waals surface area (Å²) in [4.78, 5) is 24.3. The number of hydrogen-bond acceptors (Lipinski definition) is 4. The largest absolute Gasteiger partial charge is 0.462 e. The van der Waals surface area contributed by atoms with Crippen molar-refractivity contribution in [3.8, 4) is 0 Å². The third-order valence-electron chi connectivity index (χ3n) is 3.62. The minimum atomic E-state index is -0.494. The summed E-state index contributed by atoms with van der Waals surface area (Å²) in [7, 11) is 0. The van der Waals surface area contributed by atoms with E-state index >= 15 is 0 Å². The van der Waals surface area contributed by atoms with Gasteiger partial charge in [0.2, 0.25) is 0 Å². The molecule has 0 aliphatic carbocycles. The summed E-state index contributed by atoms with van der Waals surface area (Å²) in [5.74, 6) is -0.218. The van der Waals surface area contributed by atoms with Crippen LogP contribution in [0.5, 0.6) is 0 Å². The van der Waals surface area contributed by atoms with Gasteiger partial charge >= 0.3 is 11.9 Å². The molecule has 0 aliphatic rings. The van der Waals surface area contributed by atoms with Crippen LogP contribution in [0.4, 0.5) is 0 Å². The Hall–Kier alpha value is -1.84. The first-order valence-corrected chi connectivity index (χ1v) is 8.89. The zero-order valence-corrected chi connectivity index (χ0v) is 15.3. The number of rotatable bonds is 10. The van der Waals surface area contributed by atoms with Gasteiger partial charge in [-0.25, -0.2) is 9.59 Å². The van der Waals surface area contributed by atoms with E-state index in [1.54, 1.807) is 38.1 Å². The number of ether oxygens (including phenoxy) is 2. The average molecular weight is 334 g/mol. The Kier molecular flexibility index (Phi) is 9.13. The maximum absolute atomic E-state index is 12.2. The van der Waals surface area contributed by atoms with Gasteiger partial charge < -0.3 is 9.47 Å². The predicted octanol–water partition coefficient (Wildman–Crippen LogP) is 5.02. The molecule has 0 N–H and O–H groups in total. The lowest BCUT2D eigenvalue weighted by Gasteiger charge is -2.11. The molecule has 0 saturated carbocycles. The highest BCUT2D eigenvalue weighted by molar-refractivity contribution is 6.03. The van der Waals surface area contributed by atoms with Crippen molar-refractivity contribution in [2.45, 2.75) is 65.9 Å². The first kappa shape index (κ1) is 20.2. The van der Waals surface area contributed by atoms with Crippen molar-refractivity contribution in [3.63, 3.8) is 0 Å². The van der Waals surface area contributed by atoms with Gasteiger partial charge in [-0.3, -0.25) is 0 Å². The van der Waals surface area contributed by atoms with Crippen molar-refractivity contribution in [3.05, 3.63) is 35.4 Å². The molecule has 1 aromatic rings. The third kappa shape index (κ3) is 7.62. The van der Waals surface area contributed by atoms with Crippen molar-refractivity contribution in [1.29, 1.82) is 0 Å². The highest BCUT2D eigenvalue weighted by atomic mass is 16.5. The molecule has 0 aliphatic heterocycles. The highest BCUT2D eigenvalue weighted by Gasteiger charge is 2.19. The van der Waals surface area contributed by atoms with Crippen molar-refractivity contribution >= 4 is 11.9 Å². The van der Waals surface area contributed by atoms with Crippen molar-refractivity contribution in [1.82, 2.24) is 0 Å². The van der Waals surface area contributed by atoms with E-state index in [1.165, 1.54) is 12.8 Å². The number of hydrogen-bond donors (Lipinski definition) is 0. The Morgan fingerprint density at radius 2 is 1.46 bits per heavy atom. The molecule has 4 heteroatoms. The third-order valence-corrected chi connectivity index (χ3v) is 3.62. The van der Waals surface area contributed by atoms with Crippen LogP contribution in [0.3, 0.4) is 0 Å². The van der Waals surface area contributed by atoms with E-state index in [-0.39, 0.29) is 17.2 Å². The van der Waals surface area contributed by atoms with Crippen LogP contribution >= 0.6 is 0 Å². The maximum atomic E-state index is 12.2. The Morgan fingerprint density at radius 3 is 2.04 bits per heavy atom. The molecule has 0 spiro atoms. The van der Waals surface area contributed by atoms with E-state index in [0.717, 1.165) is 25.2 Å². The molecular formula is C20H30O4. The molecule has 4 nitrogen and oxygen atoms in total. The van der Waals surface area contributed by atoms with Crippen LogP contribution < -0.4 is 0 Å². The second-order valence-corrected chi connectivity index (χ2v) is 6.73. The first-order valence-electron chi connectivity index (χ1n) is 8.89. The summed E-state index contributed by atoms with van der Waals surface area (Å²) in [5, 5.41) is 0. The lowest BCUT2D eigenvalue weighted by molar-refractivity contribution is 0.0360. The molecule has 0 unspecified atom stereocenters. The molecule has 0 saturated heterocycles. The molecule has 0 fully saturated rings. The van der Waals surface area contributed by atoms with E-state index in [2.05, 4.69) is 13.8 Å². The molecule has 0 amide bonds. The van der Waals surface area contributed by atoms with E-state index in [4.69, 9.17) is 9.47 Å². The Balaban J connectivity index is 2.44. The Labute approximate surface area is 145 Å². The van der Waals surface area contributed by atoms with Crippen LogP contribution in [0.25, 0.3) is 0 Å². The van der Waals surface area contributed by atoms with E-state index in [0.29, 0.717) is 6.61 Å². The van der Waals surface area contributed by atoms with Gasteiger partial charge in [-0.15, -0.1) is 0 Å². The van der Waals surface area contributed by atoms with Gasteiger partial charge in [0, 0.05) is 0 Å². The number of benzene rings is 1. The van der Waals surface area contributed by atoms with Gasteiger partial charge in [0.1, 0.15) is 0 Å². The highest BCUT2D eigenvalue weighted by Crippen LogP contribution is 2.14. The van der Waals surface area contributed by atoms with E-state index in [9.17, 15) is 9.59 Å². The normalized spacial score (nSPS) is 10.9. The van der Waals surface area contributed by atoms with E-state index < -0.39 is 11.9 Å². The summed E-state index contributed by atoms with van der Waals surface area (Å²) >= 11 is 0. The predicted molar refractivity (Wildman–Crippen MR) is 95.2 cm³/mol. The molecule has 1 aromatic carbocycles. The minimum Gasteiger partial charge on any atom is -0.462 e. The quantitative estimate of drug-likeness (QED) is 0.445. The number of esters is 2. The van der Waals surface area contributed by atoms with Gasteiger partial charge in [0.05, 0.1) is 23.8 Å². The lowest BCUT2D eigenvalue weighted by atomic mass is 10.0. The summed E-state index contributed by atoms with van der Waals surface area (Å²) in [6.45, 7) is 8.39. The van der Waals surface area contributed by atoms with Gasteiger partial charge in [-0.2, -0.15) is 0 Å². The molecule has 0 bridgehead atoms. The van der Waals surface area contributed by atoms with Crippen LogP contribution in [0.15, 0.2) is 24.3 Å². The molecule has 1 rings (SSSR count). The summed E-state index contributed by atoms with van der Waals surface area (Å²) in [6.07, 6.45) is 5.29. The van der Waals surface area contributed by atoms with Crippen LogP contribution in [0, 0.1) is 5.92 Å². The number of unbranched alkanes of at least 4 members (excludes halogenated alkanes) is 3. The molecular weight excluding hydrogens is 304 g/mol. The zero-order chi connectivity index (χ0) is 17.9. The second kappa shape index (κ2) is 10.8. The number of carbonyl (C=O) groups excluding carboxylic acids is 2. The smallest absolute Gasteiger partial charge is 0.339 e. The van der Waals surface area contributed by atoms with Crippen molar-refractivity contribution in [2.75, 3.05) is 6.61 Å². The van der Waals surface area contributed by atoms with Gasteiger partial charge in [-0.1, -0.05) is 51.7 Å².